The highest BCUT2D eigenvalue weighted by atomic mass is 14.9. The molecule has 1 aliphatic heterocycles. The third-order valence-corrected chi connectivity index (χ3v) is 2.16. The van der Waals surface area contributed by atoms with Crippen molar-refractivity contribution in [3.8, 4) is 6.07 Å². The quantitative estimate of drug-likeness (QED) is 0.626. The van der Waals surface area contributed by atoms with Crippen molar-refractivity contribution in [1.82, 2.24) is 0 Å². The second-order valence-electron chi connectivity index (χ2n) is 3.23. The van der Waals surface area contributed by atoms with Crippen molar-refractivity contribution in [2.75, 3.05) is 5.32 Å². The minimum atomic E-state index is 0.508. The van der Waals surface area contributed by atoms with Gasteiger partial charge in [-0.2, -0.15) is 5.26 Å². The van der Waals surface area contributed by atoms with Crippen LogP contribution in [-0.2, 0) is 6.42 Å². The first-order valence-corrected chi connectivity index (χ1v) is 4.09. The van der Waals surface area contributed by atoms with E-state index in [0.717, 1.165) is 12.0 Å². The summed E-state index contributed by atoms with van der Waals surface area (Å²) in [4.78, 5) is 0. The van der Waals surface area contributed by atoms with Gasteiger partial charge in [0.2, 0.25) is 0 Å². The summed E-state index contributed by atoms with van der Waals surface area (Å²) in [6, 6.07) is 8.45. The monoisotopic (exact) mass is 158 g/mol. The van der Waals surface area contributed by atoms with Crippen molar-refractivity contribution in [3.63, 3.8) is 0 Å². The van der Waals surface area contributed by atoms with E-state index in [9.17, 15) is 0 Å². The largest absolute Gasteiger partial charge is 0.382 e. The summed E-state index contributed by atoms with van der Waals surface area (Å²) in [6.45, 7) is 2.14. The van der Waals surface area contributed by atoms with Gasteiger partial charge in [-0.15, -0.1) is 0 Å². The number of hydrogen-bond donors (Lipinski definition) is 1. The number of rotatable bonds is 0. The van der Waals surface area contributed by atoms with E-state index in [1.165, 1.54) is 11.3 Å². The summed E-state index contributed by atoms with van der Waals surface area (Å²) in [5.74, 6) is 0. The Balaban J connectivity index is 2.44. The van der Waals surface area contributed by atoms with E-state index in [0.29, 0.717) is 6.04 Å². The third kappa shape index (κ3) is 1.04. The molecule has 0 fully saturated rings. The minimum absolute atomic E-state index is 0.508. The van der Waals surface area contributed by atoms with Gasteiger partial charge < -0.3 is 5.32 Å². The number of benzene rings is 1. The summed E-state index contributed by atoms with van der Waals surface area (Å²) >= 11 is 0. The topological polar surface area (TPSA) is 35.8 Å². The average Bonchev–Trinajstić information content (AvgIpc) is 2.43. The van der Waals surface area contributed by atoms with Crippen molar-refractivity contribution in [2.24, 2.45) is 0 Å². The molecule has 0 unspecified atom stereocenters. The molecule has 60 valence electrons. The van der Waals surface area contributed by atoms with Crippen molar-refractivity contribution < 1.29 is 0 Å². The van der Waals surface area contributed by atoms with Gasteiger partial charge in [0.05, 0.1) is 11.6 Å². The van der Waals surface area contributed by atoms with Gasteiger partial charge in [0.15, 0.2) is 0 Å². The molecule has 1 atom stereocenters. The molecule has 2 rings (SSSR count). The number of anilines is 1. The van der Waals surface area contributed by atoms with Crippen LogP contribution in [0.4, 0.5) is 5.69 Å². The standard InChI is InChI=1S/C10H10N2/c1-7-4-9-5-8(6-11)2-3-10(9)12-7/h2-3,5,7,12H,4H2,1H3/t7-/m1/s1. The van der Waals surface area contributed by atoms with Gasteiger partial charge in [-0.05, 0) is 37.1 Å². The zero-order valence-electron chi connectivity index (χ0n) is 6.96. The molecule has 0 radical (unpaired) electrons. The van der Waals surface area contributed by atoms with Crippen LogP contribution in [-0.4, -0.2) is 6.04 Å². The predicted octanol–water partition coefficient (Wildman–Crippen LogP) is 1.91. The molecule has 0 spiro atoms. The summed E-state index contributed by atoms with van der Waals surface area (Å²) < 4.78 is 0. The molecule has 0 aromatic heterocycles. The molecular weight excluding hydrogens is 148 g/mol. The number of fused-ring (bicyclic) bond motifs is 1. The van der Waals surface area contributed by atoms with E-state index < -0.39 is 0 Å². The average molecular weight is 158 g/mol. The van der Waals surface area contributed by atoms with Crippen molar-refractivity contribution in [3.05, 3.63) is 29.3 Å². The first-order valence-electron chi connectivity index (χ1n) is 4.09. The fourth-order valence-electron chi connectivity index (χ4n) is 1.62. The molecule has 1 aromatic carbocycles. The Kier molecular flexibility index (Phi) is 1.51. The lowest BCUT2D eigenvalue weighted by Crippen LogP contribution is -2.08. The van der Waals surface area contributed by atoms with Crippen LogP contribution in [0, 0.1) is 11.3 Å². The first kappa shape index (κ1) is 7.17. The Labute approximate surface area is 71.8 Å². The van der Waals surface area contributed by atoms with Crippen LogP contribution in [0.2, 0.25) is 0 Å². The molecule has 2 heteroatoms. The van der Waals surface area contributed by atoms with Crippen molar-refractivity contribution >= 4 is 5.69 Å². The molecule has 0 saturated heterocycles. The number of nitriles is 1. The van der Waals surface area contributed by atoms with Gasteiger partial charge in [-0.1, -0.05) is 0 Å². The van der Waals surface area contributed by atoms with E-state index in [1.54, 1.807) is 0 Å². The molecule has 0 bridgehead atoms. The van der Waals surface area contributed by atoms with Crippen LogP contribution >= 0.6 is 0 Å². The zero-order valence-corrected chi connectivity index (χ0v) is 6.96. The predicted molar refractivity (Wildman–Crippen MR) is 47.9 cm³/mol. The summed E-state index contributed by atoms with van der Waals surface area (Å²) in [5.41, 5.74) is 3.20. The molecule has 1 heterocycles. The lowest BCUT2D eigenvalue weighted by molar-refractivity contribution is 0.839. The Morgan fingerprint density at radius 1 is 1.58 bits per heavy atom. The van der Waals surface area contributed by atoms with E-state index >= 15 is 0 Å². The van der Waals surface area contributed by atoms with Crippen LogP contribution in [0.3, 0.4) is 0 Å². The molecule has 0 aliphatic carbocycles. The van der Waals surface area contributed by atoms with Crippen LogP contribution in [0.5, 0.6) is 0 Å². The first-order chi connectivity index (χ1) is 5.79. The van der Waals surface area contributed by atoms with Gasteiger partial charge in [0.1, 0.15) is 0 Å². The second-order valence-corrected chi connectivity index (χ2v) is 3.23. The van der Waals surface area contributed by atoms with Gasteiger partial charge in [-0.3, -0.25) is 0 Å². The summed E-state index contributed by atoms with van der Waals surface area (Å²) in [6.07, 6.45) is 1.03. The highest BCUT2D eigenvalue weighted by Crippen LogP contribution is 2.25. The maximum atomic E-state index is 8.66. The SMILES string of the molecule is C[C@@H]1Cc2cc(C#N)ccc2N1. The Hall–Kier alpha value is -1.49. The smallest absolute Gasteiger partial charge is 0.0991 e. The Bertz CT molecular complexity index is 349. The van der Waals surface area contributed by atoms with E-state index in [2.05, 4.69) is 18.3 Å². The van der Waals surface area contributed by atoms with Crippen LogP contribution in [0.25, 0.3) is 0 Å². The zero-order chi connectivity index (χ0) is 8.55. The van der Waals surface area contributed by atoms with Gasteiger partial charge in [0.25, 0.3) is 0 Å². The molecular formula is C10H10N2. The maximum Gasteiger partial charge on any atom is 0.0991 e. The van der Waals surface area contributed by atoms with E-state index in [4.69, 9.17) is 5.26 Å². The normalized spacial score (nSPS) is 19.5. The number of nitrogens with one attached hydrogen (secondary N) is 1. The van der Waals surface area contributed by atoms with Crippen molar-refractivity contribution in [2.45, 2.75) is 19.4 Å². The molecule has 0 amide bonds. The highest BCUT2D eigenvalue weighted by Gasteiger charge is 2.15. The lowest BCUT2D eigenvalue weighted by atomic mass is 10.1. The molecule has 12 heavy (non-hydrogen) atoms. The highest BCUT2D eigenvalue weighted by molar-refractivity contribution is 5.59. The van der Waals surface area contributed by atoms with Crippen molar-refractivity contribution in [1.29, 1.82) is 5.26 Å². The fourth-order valence-corrected chi connectivity index (χ4v) is 1.62. The Morgan fingerprint density at radius 3 is 3.17 bits per heavy atom. The van der Waals surface area contributed by atoms with Crippen LogP contribution < -0.4 is 5.32 Å². The molecule has 1 N–H and O–H groups in total. The second kappa shape index (κ2) is 2.53. The van der Waals surface area contributed by atoms with E-state index in [1.807, 2.05) is 18.2 Å². The minimum Gasteiger partial charge on any atom is -0.382 e. The molecule has 1 aliphatic rings. The van der Waals surface area contributed by atoms with E-state index in [-0.39, 0.29) is 0 Å². The maximum absolute atomic E-state index is 8.66. The summed E-state index contributed by atoms with van der Waals surface area (Å²) in [5, 5.41) is 12.0. The third-order valence-electron chi connectivity index (χ3n) is 2.16. The van der Waals surface area contributed by atoms with Gasteiger partial charge >= 0.3 is 0 Å². The molecule has 1 aromatic rings. The Morgan fingerprint density at radius 2 is 2.42 bits per heavy atom. The van der Waals surface area contributed by atoms with Crippen LogP contribution in [0.15, 0.2) is 18.2 Å². The number of nitrogens with zero attached hydrogens (tertiary/aromatic N) is 1. The fraction of sp³-hybridized carbons (Fsp3) is 0.300. The molecule has 0 saturated carbocycles. The van der Waals surface area contributed by atoms with Gasteiger partial charge in [-0.25, -0.2) is 0 Å². The lowest BCUT2D eigenvalue weighted by Gasteiger charge is -2.00. The number of hydrogen-bond acceptors (Lipinski definition) is 2. The van der Waals surface area contributed by atoms with Gasteiger partial charge in [0, 0.05) is 11.7 Å². The molecule has 2 nitrogen and oxygen atoms in total. The summed E-state index contributed by atoms with van der Waals surface area (Å²) in [7, 11) is 0. The van der Waals surface area contributed by atoms with Crippen LogP contribution in [0.1, 0.15) is 18.1 Å².